The fourth-order valence-corrected chi connectivity index (χ4v) is 8.25. The van der Waals surface area contributed by atoms with Crippen molar-refractivity contribution in [1.82, 2.24) is 0 Å². The fourth-order valence-electron chi connectivity index (χ4n) is 8.25. The second-order valence-corrected chi connectivity index (χ2v) is 10.9. The van der Waals surface area contributed by atoms with Crippen LogP contribution in [0.1, 0.15) is 78.6 Å². The normalized spacial score (nSPS) is 52.7. The Bertz CT molecular complexity index is 622. The van der Waals surface area contributed by atoms with Crippen LogP contribution in [0, 0.1) is 57.7 Å². The molecule has 4 rings (SSSR count). The number of aldehydes is 1. The zero-order valence-electron chi connectivity index (χ0n) is 16.7. The van der Waals surface area contributed by atoms with Crippen molar-refractivity contribution in [3.63, 3.8) is 0 Å². The summed E-state index contributed by atoms with van der Waals surface area (Å²) in [5, 5.41) is 20.2. The first-order chi connectivity index (χ1) is 12.2. The highest BCUT2D eigenvalue weighted by molar-refractivity contribution is 5.64. The second-order valence-electron chi connectivity index (χ2n) is 10.9. The first-order valence-corrected chi connectivity index (χ1v) is 10.8. The van der Waals surface area contributed by atoms with E-state index in [4.69, 9.17) is 0 Å². The molecular formula is C23H35NO2. The molecule has 0 spiro atoms. The molecule has 0 aromatic rings. The minimum atomic E-state index is -0.822. The number of hydrogen-bond acceptors (Lipinski definition) is 3. The molecule has 4 aliphatic rings. The number of hydrogen-bond donors (Lipinski definition) is 1. The van der Waals surface area contributed by atoms with Crippen molar-refractivity contribution in [2.75, 3.05) is 0 Å². The lowest BCUT2D eigenvalue weighted by molar-refractivity contribution is -0.123. The van der Waals surface area contributed by atoms with Crippen LogP contribution < -0.4 is 0 Å². The van der Waals surface area contributed by atoms with Crippen molar-refractivity contribution in [3.05, 3.63) is 0 Å². The van der Waals surface area contributed by atoms with E-state index in [1.165, 1.54) is 38.5 Å². The molecule has 0 saturated heterocycles. The molecule has 4 fully saturated rings. The molecule has 26 heavy (non-hydrogen) atoms. The van der Waals surface area contributed by atoms with Gasteiger partial charge in [-0.1, -0.05) is 6.92 Å². The van der Waals surface area contributed by atoms with Crippen LogP contribution in [0.5, 0.6) is 0 Å². The molecule has 0 radical (unpaired) electrons. The van der Waals surface area contributed by atoms with Crippen LogP contribution in [0.3, 0.4) is 0 Å². The van der Waals surface area contributed by atoms with Gasteiger partial charge in [-0.15, -0.1) is 0 Å². The zero-order valence-corrected chi connectivity index (χ0v) is 16.7. The SMILES string of the molecule is CC(C#N)(C=O)[C@H]1CC[C@H]2[C@@H]3CC[C@@H]4C[C@](C)(O)CC[C@@H]4[C@H]3CC[C@]12C. The van der Waals surface area contributed by atoms with Crippen LogP contribution in [-0.4, -0.2) is 17.0 Å². The van der Waals surface area contributed by atoms with E-state index in [-0.39, 0.29) is 11.3 Å². The van der Waals surface area contributed by atoms with Crippen molar-refractivity contribution in [2.24, 2.45) is 46.3 Å². The van der Waals surface area contributed by atoms with Crippen molar-refractivity contribution in [3.8, 4) is 6.07 Å². The van der Waals surface area contributed by atoms with Gasteiger partial charge in [-0.05, 0) is 113 Å². The summed E-state index contributed by atoms with van der Waals surface area (Å²) in [6.07, 6.45) is 11.3. The summed E-state index contributed by atoms with van der Waals surface area (Å²) in [6.45, 7) is 6.28. The van der Waals surface area contributed by atoms with Crippen molar-refractivity contribution >= 4 is 6.29 Å². The lowest BCUT2D eigenvalue weighted by atomic mass is 9.48. The minimum absolute atomic E-state index is 0.152. The highest BCUT2D eigenvalue weighted by Crippen LogP contribution is 2.66. The van der Waals surface area contributed by atoms with E-state index in [0.29, 0.717) is 11.8 Å². The standard InChI is InChI=1S/C23H35NO2/c1-21(13-24,14-25)20-7-6-19-18-5-4-15-12-22(2,26)10-8-16(15)17(18)9-11-23(19,20)3/h14-20,26H,4-12H2,1-3H3/t15-,16+,17-,18-,19+,20-,21?,22-,23+/m1/s1. The molecule has 3 nitrogen and oxygen atoms in total. The fraction of sp³-hybridized carbons (Fsp3) is 0.913. The van der Waals surface area contributed by atoms with E-state index in [9.17, 15) is 15.2 Å². The monoisotopic (exact) mass is 357 g/mol. The Kier molecular flexibility index (Phi) is 4.31. The average molecular weight is 358 g/mol. The van der Waals surface area contributed by atoms with Crippen molar-refractivity contribution in [1.29, 1.82) is 5.26 Å². The van der Waals surface area contributed by atoms with E-state index in [2.05, 4.69) is 13.0 Å². The summed E-state index contributed by atoms with van der Waals surface area (Å²) in [5.41, 5.74) is -1.12. The topological polar surface area (TPSA) is 61.1 Å². The Labute approximate surface area is 158 Å². The number of nitriles is 1. The Morgan fingerprint density at radius 1 is 1.04 bits per heavy atom. The second kappa shape index (κ2) is 6.06. The average Bonchev–Trinajstić information content (AvgIpc) is 2.97. The number of carbonyl (C=O) groups excluding carboxylic acids is 1. The first kappa shape index (κ1) is 18.5. The summed E-state index contributed by atoms with van der Waals surface area (Å²) in [6, 6.07) is 2.36. The predicted octanol–water partition coefficient (Wildman–Crippen LogP) is 4.73. The van der Waals surface area contributed by atoms with Crippen LogP contribution in [0.4, 0.5) is 0 Å². The van der Waals surface area contributed by atoms with Gasteiger partial charge >= 0.3 is 0 Å². The van der Waals surface area contributed by atoms with Crippen molar-refractivity contribution in [2.45, 2.75) is 84.2 Å². The highest BCUT2D eigenvalue weighted by atomic mass is 16.3. The van der Waals surface area contributed by atoms with Gasteiger partial charge in [0.15, 0.2) is 0 Å². The Balaban J connectivity index is 1.57. The van der Waals surface area contributed by atoms with Crippen LogP contribution in [-0.2, 0) is 4.79 Å². The third kappa shape index (κ3) is 2.59. The maximum absolute atomic E-state index is 11.7. The Hall–Kier alpha value is -0.880. The third-order valence-corrected chi connectivity index (χ3v) is 9.45. The first-order valence-electron chi connectivity index (χ1n) is 10.8. The summed E-state index contributed by atoms with van der Waals surface area (Å²) in [4.78, 5) is 11.7. The maximum atomic E-state index is 11.7. The van der Waals surface area contributed by atoms with E-state index in [0.717, 1.165) is 43.3 Å². The van der Waals surface area contributed by atoms with E-state index < -0.39 is 11.0 Å². The van der Waals surface area contributed by atoms with Crippen LogP contribution >= 0.6 is 0 Å². The molecule has 4 aliphatic carbocycles. The van der Waals surface area contributed by atoms with E-state index in [1.54, 1.807) is 0 Å². The molecule has 9 atom stereocenters. The van der Waals surface area contributed by atoms with Gasteiger partial charge in [0, 0.05) is 0 Å². The Morgan fingerprint density at radius 3 is 2.46 bits per heavy atom. The summed E-state index contributed by atoms with van der Waals surface area (Å²) in [5.74, 6) is 3.99. The van der Waals surface area contributed by atoms with Crippen LogP contribution in [0.2, 0.25) is 0 Å². The van der Waals surface area contributed by atoms with Crippen molar-refractivity contribution < 1.29 is 9.90 Å². The lowest BCUT2D eigenvalue weighted by Crippen LogP contribution is -2.51. The predicted molar refractivity (Wildman–Crippen MR) is 101 cm³/mol. The van der Waals surface area contributed by atoms with Crippen LogP contribution in [0.25, 0.3) is 0 Å². The van der Waals surface area contributed by atoms with Gasteiger partial charge in [-0.3, -0.25) is 0 Å². The number of fused-ring (bicyclic) bond motifs is 5. The maximum Gasteiger partial charge on any atom is 0.140 e. The smallest absolute Gasteiger partial charge is 0.140 e. The molecule has 1 unspecified atom stereocenters. The molecule has 4 saturated carbocycles. The largest absolute Gasteiger partial charge is 0.390 e. The quantitative estimate of drug-likeness (QED) is 0.726. The van der Waals surface area contributed by atoms with Crippen LogP contribution in [0.15, 0.2) is 0 Å². The number of nitrogens with zero attached hydrogens (tertiary/aromatic N) is 1. The van der Waals surface area contributed by atoms with Gasteiger partial charge in [-0.25, -0.2) is 0 Å². The number of aliphatic hydroxyl groups is 1. The molecule has 0 aromatic heterocycles. The molecule has 144 valence electrons. The van der Waals surface area contributed by atoms with Gasteiger partial charge < -0.3 is 9.90 Å². The molecule has 0 heterocycles. The summed E-state index contributed by atoms with van der Waals surface area (Å²) >= 11 is 0. The molecule has 0 aromatic carbocycles. The van der Waals surface area contributed by atoms with Gasteiger partial charge in [0.25, 0.3) is 0 Å². The van der Waals surface area contributed by atoms with Gasteiger partial charge in [0.2, 0.25) is 0 Å². The minimum Gasteiger partial charge on any atom is -0.390 e. The zero-order chi connectivity index (χ0) is 18.7. The molecule has 0 bridgehead atoms. The highest BCUT2D eigenvalue weighted by Gasteiger charge is 2.60. The summed E-state index contributed by atoms with van der Waals surface area (Å²) < 4.78 is 0. The summed E-state index contributed by atoms with van der Waals surface area (Å²) in [7, 11) is 0. The molecule has 1 N–H and O–H groups in total. The molecule has 0 amide bonds. The lowest BCUT2D eigenvalue weighted by Gasteiger charge is -2.57. The third-order valence-electron chi connectivity index (χ3n) is 9.45. The van der Waals surface area contributed by atoms with Gasteiger partial charge in [-0.2, -0.15) is 5.26 Å². The molecular weight excluding hydrogens is 322 g/mol. The Morgan fingerprint density at radius 2 is 1.77 bits per heavy atom. The number of carbonyl (C=O) groups is 1. The van der Waals surface area contributed by atoms with Gasteiger partial charge in [0.05, 0.1) is 11.7 Å². The number of rotatable bonds is 2. The van der Waals surface area contributed by atoms with E-state index >= 15 is 0 Å². The van der Waals surface area contributed by atoms with Gasteiger partial charge in [0.1, 0.15) is 11.7 Å². The molecule has 3 heteroatoms. The molecule has 0 aliphatic heterocycles. The van der Waals surface area contributed by atoms with E-state index in [1.807, 2.05) is 13.8 Å².